The molecule has 0 aliphatic carbocycles. The summed E-state index contributed by atoms with van der Waals surface area (Å²) in [6.07, 6.45) is -0.0657. The van der Waals surface area contributed by atoms with E-state index in [0.29, 0.717) is 11.6 Å². The Kier molecular flexibility index (Phi) is 6.00. The van der Waals surface area contributed by atoms with Gasteiger partial charge in [-0.3, -0.25) is 4.79 Å². The first kappa shape index (κ1) is 18.2. The molecule has 7 heteroatoms. The molecule has 0 unspecified atom stereocenters. The summed E-state index contributed by atoms with van der Waals surface area (Å²) in [5.74, 6) is -0.0768. The van der Waals surface area contributed by atoms with E-state index in [9.17, 15) is 13.2 Å². The Morgan fingerprint density at radius 3 is 2.35 bits per heavy atom. The number of carbonyl (C=O) groups is 1. The van der Waals surface area contributed by atoms with Gasteiger partial charge in [0, 0.05) is 12.1 Å². The molecule has 0 spiro atoms. The van der Waals surface area contributed by atoms with Crippen molar-refractivity contribution < 1.29 is 13.2 Å². The number of carbonyl (C=O) groups excluding carboxylic acids is 1. The van der Waals surface area contributed by atoms with Gasteiger partial charge >= 0.3 is 0 Å². The molecular formula is C16H18BrNO3S2. The second kappa shape index (κ2) is 7.59. The summed E-state index contributed by atoms with van der Waals surface area (Å²) < 4.78 is 25.3. The number of benzene rings is 1. The molecule has 2 rings (SSSR count). The first-order valence-electron chi connectivity index (χ1n) is 7.16. The number of amides is 1. The predicted molar refractivity (Wildman–Crippen MR) is 97.8 cm³/mol. The Bertz CT molecular complexity index is 780. The summed E-state index contributed by atoms with van der Waals surface area (Å²) in [5.41, 5.74) is 1.87. The second-order valence-corrected chi connectivity index (χ2v) is 10.3. The Hall–Kier alpha value is -1.18. The Morgan fingerprint density at radius 1 is 1.17 bits per heavy atom. The molecule has 0 aliphatic rings. The number of thiophene rings is 1. The maximum atomic E-state index is 12.1. The van der Waals surface area contributed by atoms with E-state index in [0.717, 1.165) is 15.1 Å². The molecule has 2 aromatic rings. The van der Waals surface area contributed by atoms with E-state index in [1.807, 2.05) is 24.3 Å². The van der Waals surface area contributed by atoms with Crippen molar-refractivity contribution in [3.8, 4) is 0 Å². The molecule has 1 aromatic heterocycles. The average molecular weight is 416 g/mol. The van der Waals surface area contributed by atoms with Gasteiger partial charge < -0.3 is 5.32 Å². The van der Waals surface area contributed by atoms with Crippen LogP contribution < -0.4 is 5.32 Å². The molecule has 0 saturated heterocycles. The summed E-state index contributed by atoms with van der Waals surface area (Å²) in [7, 11) is -3.42. The highest BCUT2D eigenvalue weighted by Gasteiger charge is 2.18. The van der Waals surface area contributed by atoms with Crippen molar-refractivity contribution in [2.75, 3.05) is 11.1 Å². The zero-order valence-electron chi connectivity index (χ0n) is 12.9. The van der Waals surface area contributed by atoms with Crippen LogP contribution in [0.2, 0.25) is 0 Å². The molecule has 23 heavy (non-hydrogen) atoms. The number of nitrogens with one attached hydrogen (secondary N) is 1. The third-order valence-electron chi connectivity index (χ3n) is 3.31. The van der Waals surface area contributed by atoms with Gasteiger partial charge in [-0.15, -0.1) is 11.3 Å². The quantitative estimate of drug-likeness (QED) is 0.758. The molecule has 0 atom stereocenters. The normalized spacial score (nSPS) is 11.7. The fourth-order valence-electron chi connectivity index (χ4n) is 1.97. The van der Waals surface area contributed by atoms with Crippen LogP contribution in [0.5, 0.6) is 0 Å². The predicted octanol–water partition coefficient (Wildman–Crippen LogP) is 4.44. The van der Waals surface area contributed by atoms with E-state index in [2.05, 4.69) is 35.1 Å². The van der Waals surface area contributed by atoms with E-state index >= 15 is 0 Å². The van der Waals surface area contributed by atoms with Gasteiger partial charge in [0.25, 0.3) is 0 Å². The molecule has 0 fully saturated rings. The molecule has 0 bridgehead atoms. The molecular weight excluding hydrogens is 398 g/mol. The van der Waals surface area contributed by atoms with Crippen LogP contribution in [-0.4, -0.2) is 20.1 Å². The fourth-order valence-corrected chi connectivity index (χ4v) is 5.37. The molecule has 1 heterocycles. The van der Waals surface area contributed by atoms with E-state index < -0.39 is 9.84 Å². The van der Waals surface area contributed by atoms with Gasteiger partial charge in [0.05, 0.1) is 9.54 Å². The van der Waals surface area contributed by atoms with Crippen molar-refractivity contribution in [3.05, 3.63) is 45.7 Å². The van der Waals surface area contributed by atoms with Gasteiger partial charge in [0.1, 0.15) is 4.21 Å². The minimum atomic E-state index is -3.42. The van der Waals surface area contributed by atoms with Crippen LogP contribution >= 0.6 is 27.3 Å². The van der Waals surface area contributed by atoms with Crippen molar-refractivity contribution in [1.82, 2.24) is 0 Å². The average Bonchev–Trinajstić information content (AvgIpc) is 2.93. The monoisotopic (exact) mass is 415 g/mol. The van der Waals surface area contributed by atoms with Gasteiger partial charge in [-0.25, -0.2) is 8.42 Å². The van der Waals surface area contributed by atoms with Crippen LogP contribution in [0, 0.1) is 0 Å². The lowest BCUT2D eigenvalue weighted by Gasteiger charge is -2.08. The minimum absolute atomic E-state index is 0.0657. The number of anilines is 1. The first-order valence-corrected chi connectivity index (χ1v) is 10.4. The Labute approximate surface area is 149 Å². The smallest absolute Gasteiger partial charge is 0.225 e. The fraction of sp³-hybridized carbons (Fsp3) is 0.312. The highest BCUT2D eigenvalue weighted by Crippen LogP contribution is 2.27. The largest absolute Gasteiger partial charge is 0.326 e. The van der Waals surface area contributed by atoms with E-state index in [-0.39, 0.29) is 22.3 Å². The number of rotatable bonds is 6. The van der Waals surface area contributed by atoms with Crippen LogP contribution in [0.4, 0.5) is 5.69 Å². The molecule has 1 N–H and O–H groups in total. The van der Waals surface area contributed by atoms with Crippen molar-refractivity contribution in [1.29, 1.82) is 0 Å². The van der Waals surface area contributed by atoms with Gasteiger partial charge in [0.15, 0.2) is 9.84 Å². The number of hydrogen-bond acceptors (Lipinski definition) is 4. The van der Waals surface area contributed by atoms with E-state index in [4.69, 9.17) is 0 Å². The summed E-state index contributed by atoms with van der Waals surface area (Å²) in [5, 5.41) is 2.73. The lowest BCUT2D eigenvalue weighted by atomic mass is 10.0. The second-order valence-electron chi connectivity index (χ2n) is 5.45. The van der Waals surface area contributed by atoms with Gasteiger partial charge in [-0.1, -0.05) is 26.0 Å². The van der Waals surface area contributed by atoms with Crippen LogP contribution in [-0.2, 0) is 14.6 Å². The zero-order valence-corrected chi connectivity index (χ0v) is 16.1. The molecule has 0 radical (unpaired) electrons. The maximum absolute atomic E-state index is 12.1. The zero-order chi connectivity index (χ0) is 17.0. The minimum Gasteiger partial charge on any atom is -0.326 e. The van der Waals surface area contributed by atoms with Crippen molar-refractivity contribution >= 4 is 48.7 Å². The molecule has 1 amide bonds. The highest BCUT2D eigenvalue weighted by molar-refractivity contribution is 9.11. The number of sulfone groups is 1. The van der Waals surface area contributed by atoms with Gasteiger partial charge in [-0.2, -0.15) is 0 Å². The number of hydrogen-bond donors (Lipinski definition) is 1. The lowest BCUT2D eigenvalue weighted by Crippen LogP contribution is -2.17. The van der Waals surface area contributed by atoms with Crippen molar-refractivity contribution in [3.63, 3.8) is 0 Å². The van der Waals surface area contributed by atoms with Crippen molar-refractivity contribution in [2.45, 2.75) is 30.4 Å². The van der Waals surface area contributed by atoms with Crippen LogP contribution in [0.3, 0.4) is 0 Å². The van der Waals surface area contributed by atoms with E-state index in [1.165, 1.54) is 5.56 Å². The third-order valence-corrected chi connectivity index (χ3v) is 7.23. The first-order chi connectivity index (χ1) is 10.8. The summed E-state index contributed by atoms with van der Waals surface area (Å²) >= 11 is 4.39. The molecule has 4 nitrogen and oxygen atoms in total. The Morgan fingerprint density at radius 2 is 1.83 bits per heavy atom. The molecule has 0 aliphatic heterocycles. The van der Waals surface area contributed by atoms with Gasteiger partial charge in [0.2, 0.25) is 5.91 Å². The maximum Gasteiger partial charge on any atom is 0.225 e. The Balaban J connectivity index is 1.92. The van der Waals surface area contributed by atoms with Crippen LogP contribution in [0.15, 0.2) is 44.4 Å². The molecule has 1 aromatic carbocycles. The van der Waals surface area contributed by atoms with E-state index in [1.54, 1.807) is 12.1 Å². The summed E-state index contributed by atoms with van der Waals surface area (Å²) in [4.78, 5) is 11.9. The standard InChI is InChI=1S/C16H18BrNO3S2/c1-11(2)12-3-5-13(6-4-12)18-15(19)9-10-23(20,21)16-8-7-14(17)22-16/h3-8,11H,9-10H2,1-2H3,(H,18,19). The lowest BCUT2D eigenvalue weighted by molar-refractivity contribution is -0.115. The molecule has 0 saturated carbocycles. The van der Waals surface area contributed by atoms with Crippen LogP contribution in [0.1, 0.15) is 31.7 Å². The molecule has 124 valence electrons. The van der Waals surface area contributed by atoms with Crippen LogP contribution in [0.25, 0.3) is 0 Å². The highest BCUT2D eigenvalue weighted by atomic mass is 79.9. The third kappa shape index (κ3) is 5.16. The summed E-state index contributed by atoms with van der Waals surface area (Å²) in [6.45, 7) is 4.20. The van der Waals surface area contributed by atoms with Crippen molar-refractivity contribution in [2.24, 2.45) is 0 Å². The van der Waals surface area contributed by atoms with Gasteiger partial charge in [-0.05, 0) is 51.7 Å². The number of halogens is 1. The SMILES string of the molecule is CC(C)c1ccc(NC(=O)CCS(=O)(=O)c2ccc(Br)s2)cc1. The summed E-state index contributed by atoms with van der Waals surface area (Å²) in [6, 6.07) is 10.8. The topological polar surface area (TPSA) is 63.2 Å².